The van der Waals surface area contributed by atoms with Crippen LogP contribution in [0.1, 0.15) is 31.2 Å². The molecular weight excluding hydrogens is 358 g/mol. The predicted octanol–water partition coefficient (Wildman–Crippen LogP) is 2.66. The first-order valence-corrected chi connectivity index (χ1v) is 9.18. The summed E-state index contributed by atoms with van der Waals surface area (Å²) < 4.78 is 6.34. The molecule has 0 aliphatic carbocycles. The van der Waals surface area contributed by atoms with E-state index in [4.69, 9.17) is 4.74 Å². The Labute approximate surface area is 145 Å². The lowest BCUT2D eigenvalue weighted by molar-refractivity contribution is -0.126. The van der Waals surface area contributed by atoms with Crippen molar-refractivity contribution in [2.45, 2.75) is 38.6 Å². The van der Waals surface area contributed by atoms with E-state index >= 15 is 0 Å². The summed E-state index contributed by atoms with van der Waals surface area (Å²) in [5.41, 5.74) is 1.14. The van der Waals surface area contributed by atoms with Crippen LogP contribution in [0.25, 0.3) is 0 Å². The molecule has 2 saturated heterocycles. The summed E-state index contributed by atoms with van der Waals surface area (Å²) in [5.74, 6) is 1.24. The fraction of sp³-hybridized carbons (Fsp3) is 0.647. The molecule has 3 heterocycles. The van der Waals surface area contributed by atoms with Gasteiger partial charge in [0.15, 0.2) is 0 Å². The van der Waals surface area contributed by atoms with Crippen LogP contribution in [0.15, 0.2) is 16.7 Å². The highest BCUT2D eigenvalue weighted by molar-refractivity contribution is 9.10. The molecule has 0 saturated carbocycles. The summed E-state index contributed by atoms with van der Waals surface area (Å²) in [6.07, 6.45) is 5.67. The van der Waals surface area contributed by atoms with Crippen molar-refractivity contribution in [3.05, 3.63) is 22.3 Å². The van der Waals surface area contributed by atoms with Gasteiger partial charge in [0, 0.05) is 43.0 Å². The SMILES string of the molecule is Cc1cc(Br)cnc1N1CCCC(C(=O)NC2CCOCC2)C1. The zero-order valence-corrected chi connectivity index (χ0v) is 15.1. The van der Waals surface area contributed by atoms with Crippen LogP contribution in [0.4, 0.5) is 5.82 Å². The normalized spacial score (nSPS) is 22.9. The summed E-state index contributed by atoms with van der Waals surface area (Å²) in [6, 6.07) is 2.35. The van der Waals surface area contributed by atoms with Gasteiger partial charge in [-0.25, -0.2) is 4.98 Å². The topological polar surface area (TPSA) is 54.5 Å². The van der Waals surface area contributed by atoms with Gasteiger partial charge in [0.2, 0.25) is 5.91 Å². The van der Waals surface area contributed by atoms with Crippen LogP contribution in [0.3, 0.4) is 0 Å². The number of carbonyl (C=O) groups is 1. The third-order valence-corrected chi connectivity index (χ3v) is 5.11. The number of rotatable bonds is 3. The number of pyridine rings is 1. The van der Waals surface area contributed by atoms with Gasteiger partial charge in [-0.1, -0.05) is 0 Å². The summed E-state index contributed by atoms with van der Waals surface area (Å²) >= 11 is 3.46. The first kappa shape index (κ1) is 16.7. The van der Waals surface area contributed by atoms with Crippen molar-refractivity contribution in [1.82, 2.24) is 10.3 Å². The first-order valence-electron chi connectivity index (χ1n) is 8.38. The molecule has 23 heavy (non-hydrogen) atoms. The van der Waals surface area contributed by atoms with Crippen LogP contribution in [0, 0.1) is 12.8 Å². The van der Waals surface area contributed by atoms with Crippen molar-refractivity contribution in [2.24, 2.45) is 5.92 Å². The largest absolute Gasteiger partial charge is 0.381 e. The van der Waals surface area contributed by atoms with E-state index in [0.717, 1.165) is 67.8 Å². The van der Waals surface area contributed by atoms with Gasteiger partial charge < -0.3 is 15.0 Å². The Morgan fingerprint density at radius 2 is 2.17 bits per heavy atom. The molecule has 0 bridgehead atoms. The van der Waals surface area contributed by atoms with Crippen molar-refractivity contribution >= 4 is 27.7 Å². The number of carbonyl (C=O) groups excluding carboxylic acids is 1. The number of hydrogen-bond acceptors (Lipinski definition) is 4. The molecule has 6 heteroatoms. The molecular formula is C17H24BrN3O2. The number of ether oxygens (including phenoxy) is 1. The van der Waals surface area contributed by atoms with E-state index in [1.165, 1.54) is 0 Å². The maximum Gasteiger partial charge on any atom is 0.225 e. The van der Waals surface area contributed by atoms with Crippen molar-refractivity contribution < 1.29 is 9.53 Å². The molecule has 1 aromatic rings. The Hall–Kier alpha value is -1.14. The van der Waals surface area contributed by atoms with Crippen LogP contribution in [-0.4, -0.2) is 43.2 Å². The zero-order chi connectivity index (χ0) is 16.2. The van der Waals surface area contributed by atoms with Crippen molar-refractivity contribution in [1.29, 1.82) is 0 Å². The number of nitrogens with one attached hydrogen (secondary N) is 1. The van der Waals surface area contributed by atoms with Crippen LogP contribution in [0.2, 0.25) is 0 Å². The van der Waals surface area contributed by atoms with E-state index in [2.05, 4.69) is 44.1 Å². The number of hydrogen-bond donors (Lipinski definition) is 1. The fourth-order valence-corrected chi connectivity index (χ4v) is 3.85. The first-order chi connectivity index (χ1) is 11.1. The molecule has 1 unspecified atom stereocenters. The van der Waals surface area contributed by atoms with E-state index in [0.29, 0.717) is 0 Å². The Balaban J connectivity index is 1.62. The highest BCUT2D eigenvalue weighted by Gasteiger charge is 2.28. The third-order valence-electron chi connectivity index (χ3n) is 4.68. The number of nitrogens with zero attached hydrogens (tertiary/aromatic N) is 2. The van der Waals surface area contributed by atoms with E-state index < -0.39 is 0 Å². The number of anilines is 1. The molecule has 1 N–H and O–H groups in total. The fourth-order valence-electron chi connectivity index (χ4n) is 3.41. The van der Waals surface area contributed by atoms with E-state index in [9.17, 15) is 4.79 Å². The van der Waals surface area contributed by atoms with E-state index in [1.807, 2.05) is 6.20 Å². The molecule has 2 aliphatic rings. The van der Waals surface area contributed by atoms with Crippen molar-refractivity contribution in [3.63, 3.8) is 0 Å². The number of aromatic nitrogens is 1. The number of aryl methyl sites for hydroxylation is 1. The van der Waals surface area contributed by atoms with Crippen LogP contribution < -0.4 is 10.2 Å². The van der Waals surface area contributed by atoms with Gasteiger partial charge in [0.25, 0.3) is 0 Å². The highest BCUT2D eigenvalue weighted by Crippen LogP contribution is 2.26. The summed E-state index contributed by atoms with van der Waals surface area (Å²) in [6.45, 7) is 5.30. The Morgan fingerprint density at radius 3 is 2.91 bits per heavy atom. The second kappa shape index (κ2) is 7.62. The van der Waals surface area contributed by atoms with Gasteiger partial charge in [-0.2, -0.15) is 0 Å². The van der Waals surface area contributed by atoms with Gasteiger partial charge in [0.05, 0.1) is 5.92 Å². The highest BCUT2D eigenvalue weighted by atomic mass is 79.9. The molecule has 1 aromatic heterocycles. The van der Waals surface area contributed by atoms with Gasteiger partial charge >= 0.3 is 0 Å². The second-order valence-electron chi connectivity index (χ2n) is 6.47. The number of amides is 1. The van der Waals surface area contributed by atoms with Crippen molar-refractivity contribution in [2.75, 3.05) is 31.2 Å². The van der Waals surface area contributed by atoms with Gasteiger partial charge in [-0.05, 0) is 60.2 Å². The second-order valence-corrected chi connectivity index (χ2v) is 7.39. The van der Waals surface area contributed by atoms with Gasteiger partial charge in [-0.15, -0.1) is 0 Å². The lowest BCUT2D eigenvalue weighted by atomic mass is 9.96. The molecule has 2 fully saturated rings. The lowest BCUT2D eigenvalue weighted by Crippen LogP contribution is -2.47. The maximum absolute atomic E-state index is 12.6. The molecule has 1 atom stereocenters. The van der Waals surface area contributed by atoms with Gasteiger partial charge in [0.1, 0.15) is 5.82 Å². The van der Waals surface area contributed by atoms with Crippen LogP contribution in [-0.2, 0) is 9.53 Å². The summed E-state index contributed by atoms with van der Waals surface area (Å²) in [7, 11) is 0. The molecule has 0 aromatic carbocycles. The number of piperidine rings is 1. The minimum absolute atomic E-state index is 0.0523. The Kier molecular flexibility index (Phi) is 5.54. The minimum atomic E-state index is 0.0523. The Morgan fingerprint density at radius 1 is 1.39 bits per heavy atom. The standard InChI is InChI=1S/C17H24BrN3O2/c1-12-9-14(18)10-19-16(12)21-6-2-3-13(11-21)17(22)20-15-4-7-23-8-5-15/h9-10,13,15H,2-8,11H2,1H3,(H,20,22). The number of halogens is 1. The summed E-state index contributed by atoms with van der Waals surface area (Å²) in [5, 5.41) is 3.21. The maximum atomic E-state index is 12.6. The molecule has 5 nitrogen and oxygen atoms in total. The Bertz CT molecular complexity index is 561. The third kappa shape index (κ3) is 4.23. The van der Waals surface area contributed by atoms with E-state index in [-0.39, 0.29) is 17.9 Å². The quantitative estimate of drug-likeness (QED) is 0.874. The lowest BCUT2D eigenvalue weighted by Gasteiger charge is -2.34. The molecule has 3 rings (SSSR count). The minimum Gasteiger partial charge on any atom is -0.381 e. The molecule has 2 aliphatic heterocycles. The zero-order valence-electron chi connectivity index (χ0n) is 13.6. The average molecular weight is 382 g/mol. The monoisotopic (exact) mass is 381 g/mol. The molecule has 0 spiro atoms. The molecule has 0 radical (unpaired) electrons. The summed E-state index contributed by atoms with van der Waals surface area (Å²) in [4.78, 5) is 19.4. The van der Waals surface area contributed by atoms with E-state index in [1.54, 1.807) is 0 Å². The van der Waals surface area contributed by atoms with Gasteiger partial charge in [-0.3, -0.25) is 4.79 Å². The molecule has 1 amide bonds. The van der Waals surface area contributed by atoms with Crippen molar-refractivity contribution in [3.8, 4) is 0 Å². The average Bonchev–Trinajstić information content (AvgIpc) is 2.56. The molecule has 126 valence electrons. The van der Waals surface area contributed by atoms with Crippen LogP contribution in [0.5, 0.6) is 0 Å². The smallest absolute Gasteiger partial charge is 0.225 e. The predicted molar refractivity (Wildman–Crippen MR) is 93.6 cm³/mol. The van der Waals surface area contributed by atoms with Crippen LogP contribution >= 0.6 is 15.9 Å².